The van der Waals surface area contributed by atoms with Crippen molar-refractivity contribution in [2.75, 3.05) is 19.5 Å². The summed E-state index contributed by atoms with van der Waals surface area (Å²) in [6.07, 6.45) is 0. The van der Waals surface area contributed by atoms with Gasteiger partial charge in [-0.05, 0) is 36.6 Å². The average molecular weight is 388 g/mol. The summed E-state index contributed by atoms with van der Waals surface area (Å²) in [5, 5.41) is 7.51. The molecule has 6 nitrogen and oxygen atoms in total. The molecule has 134 valence electrons. The molecule has 0 atom stereocenters. The normalized spacial score (nSPS) is 10.4. The highest BCUT2D eigenvalue weighted by Gasteiger charge is 2.20. The third-order valence-corrected chi connectivity index (χ3v) is 5.54. The third-order valence-electron chi connectivity index (χ3n) is 3.65. The van der Waals surface area contributed by atoms with Gasteiger partial charge in [-0.15, -0.1) is 11.3 Å². The molecule has 3 rings (SSSR count). The van der Waals surface area contributed by atoms with E-state index in [1.807, 2.05) is 16.8 Å². The van der Waals surface area contributed by atoms with Gasteiger partial charge in [-0.25, -0.2) is 9.78 Å². The van der Waals surface area contributed by atoms with Crippen LogP contribution in [0.3, 0.4) is 0 Å². The summed E-state index contributed by atoms with van der Waals surface area (Å²) in [6.45, 7) is 1.79. The molecule has 3 aromatic rings. The topological polar surface area (TPSA) is 77.5 Å². The second-order valence-electron chi connectivity index (χ2n) is 5.30. The van der Waals surface area contributed by atoms with Crippen LogP contribution in [0.2, 0.25) is 0 Å². The quantitative estimate of drug-likeness (QED) is 0.662. The van der Waals surface area contributed by atoms with Crippen LogP contribution in [0.25, 0.3) is 10.6 Å². The van der Waals surface area contributed by atoms with Gasteiger partial charge in [-0.1, -0.05) is 0 Å². The summed E-state index contributed by atoms with van der Waals surface area (Å²) >= 11 is 2.89. The summed E-state index contributed by atoms with van der Waals surface area (Å²) in [4.78, 5) is 29.7. The van der Waals surface area contributed by atoms with E-state index in [0.717, 1.165) is 10.6 Å². The summed E-state index contributed by atoms with van der Waals surface area (Å²) < 4.78 is 9.92. The van der Waals surface area contributed by atoms with Crippen LogP contribution in [0, 0.1) is 6.92 Å². The van der Waals surface area contributed by atoms with Gasteiger partial charge in [-0.3, -0.25) is 4.79 Å². The van der Waals surface area contributed by atoms with Crippen molar-refractivity contribution in [2.24, 2.45) is 0 Å². The number of aryl methyl sites for hydroxylation is 1. The van der Waals surface area contributed by atoms with Crippen molar-refractivity contribution in [1.29, 1.82) is 0 Å². The van der Waals surface area contributed by atoms with Gasteiger partial charge in [0, 0.05) is 10.9 Å². The van der Waals surface area contributed by atoms with Crippen molar-refractivity contribution in [2.45, 2.75) is 6.92 Å². The lowest BCUT2D eigenvalue weighted by molar-refractivity contribution is 0.0601. The molecule has 1 N–H and O–H groups in total. The molecule has 0 saturated carbocycles. The van der Waals surface area contributed by atoms with Crippen molar-refractivity contribution >= 4 is 40.2 Å². The Bertz CT molecular complexity index is 948. The van der Waals surface area contributed by atoms with Crippen molar-refractivity contribution in [1.82, 2.24) is 4.98 Å². The number of carbonyl (C=O) groups is 2. The van der Waals surface area contributed by atoms with E-state index in [-0.39, 0.29) is 11.5 Å². The number of thiazole rings is 1. The van der Waals surface area contributed by atoms with Crippen molar-refractivity contribution in [3.05, 3.63) is 51.2 Å². The Balaban J connectivity index is 1.90. The van der Waals surface area contributed by atoms with Crippen LogP contribution in [-0.4, -0.2) is 31.1 Å². The van der Waals surface area contributed by atoms with E-state index < -0.39 is 5.97 Å². The van der Waals surface area contributed by atoms with E-state index >= 15 is 0 Å². The van der Waals surface area contributed by atoms with E-state index in [4.69, 9.17) is 9.47 Å². The Morgan fingerprint density at radius 2 is 2.00 bits per heavy atom. The van der Waals surface area contributed by atoms with Gasteiger partial charge >= 0.3 is 5.97 Å². The molecule has 0 bridgehead atoms. The Morgan fingerprint density at radius 1 is 1.19 bits per heavy atom. The SMILES string of the molecule is COC(=O)c1cc(OC)ccc1NC(=O)c1sc(-c2ccsc2)nc1C. The summed E-state index contributed by atoms with van der Waals surface area (Å²) in [5.74, 6) is -0.381. The van der Waals surface area contributed by atoms with Crippen LogP contribution >= 0.6 is 22.7 Å². The molecule has 0 fully saturated rings. The molecule has 0 radical (unpaired) electrons. The minimum Gasteiger partial charge on any atom is -0.497 e. The van der Waals surface area contributed by atoms with E-state index in [1.54, 1.807) is 30.4 Å². The number of rotatable bonds is 5. The van der Waals surface area contributed by atoms with E-state index in [2.05, 4.69) is 10.3 Å². The van der Waals surface area contributed by atoms with E-state index in [9.17, 15) is 9.59 Å². The van der Waals surface area contributed by atoms with Gasteiger partial charge in [0.2, 0.25) is 0 Å². The number of amides is 1. The Morgan fingerprint density at radius 3 is 2.65 bits per heavy atom. The number of hydrogen-bond acceptors (Lipinski definition) is 7. The number of ether oxygens (including phenoxy) is 2. The fourth-order valence-corrected chi connectivity index (χ4v) is 4.01. The van der Waals surface area contributed by atoms with Gasteiger partial charge in [0.25, 0.3) is 5.91 Å². The van der Waals surface area contributed by atoms with Gasteiger partial charge < -0.3 is 14.8 Å². The largest absolute Gasteiger partial charge is 0.497 e. The number of nitrogens with zero attached hydrogens (tertiary/aromatic N) is 1. The second kappa shape index (κ2) is 7.67. The second-order valence-corrected chi connectivity index (χ2v) is 7.08. The molecule has 0 spiro atoms. The van der Waals surface area contributed by atoms with Crippen LogP contribution < -0.4 is 10.1 Å². The monoisotopic (exact) mass is 388 g/mol. The fourth-order valence-electron chi connectivity index (χ4n) is 2.33. The molecule has 0 saturated heterocycles. The lowest BCUT2D eigenvalue weighted by Crippen LogP contribution is -2.15. The summed E-state index contributed by atoms with van der Waals surface area (Å²) in [5.41, 5.74) is 2.21. The first-order valence-corrected chi connectivity index (χ1v) is 9.37. The highest BCUT2D eigenvalue weighted by molar-refractivity contribution is 7.17. The zero-order chi connectivity index (χ0) is 18.7. The zero-order valence-electron chi connectivity index (χ0n) is 14.4. The number of anilines is 1. The first kappa shape index (κ1) is 18.1. The molecule has 1 amide bonds. The number of nitrogens with one attached hydrogen (secondary N) is 1. The Kier molecular flexibility index (Phi) is 5.34. The lowest BCUT2D eigenvalue weighted by atomic mass is 10.1. The highest BCUT2D eigenvalue weighted by atomic mass is 32.1. The molecule has 0 unspecified atom stereocenters. The predicted molar refractivity (Wildman–Crippen MR) is 102 cm³/mol. The van der Waals surface area contributed by atoms with Crippen molar-refractivity contribution in [3.8, 4) is 16.3 Å². The summed E-state index contributed by atoms with van der Waals surface area (Å²) in [7, 11) is 2.79. The fraction of sp³-hybridized carbons (Fsp3) is 0.167. The van der Waals surface area contributed by atoms with E-state index in [1.165, 1.54) is 31.6 Å². The molecular weight excluding hydrogens is 372 g/mol. The summed E-state index contributed by atoms with van der Waals surface area (Å²) in [6, 6.07) is 6.76. The van der Waals surface area contributed by atoms with Gasteiger partial charge in [0.15, 0.2) is 0 Å². The van der Waals surface area contributed by atoms with Crippen LogP contribution in [0.15, 0.2) is 35.0 Å². The van der Waals surface area contributed by atoms with Crippen LogP contribution in [-0.2, 0) is 4.74 Å². The molecule has 2 heterocycles. The predicted octanol–water partition coefficient (Wildman–Crippen LogP) is 4.23. The van der Waals surface area contributed by atoms with Crippen molar-refractivity contribution in [3.63, 3.8) is 0 Å². The lowest BCUT2D eigenvalue weighted by Gasteiger charge is -2.11. The molecule has 26 heavy (non-hydrogen) atoms. The molecule has 1 aromatic carbocycles. The highest BCUT2D eigenvalue weighted by Crippen LogP contribution is 2.30. The van der Waals surface area contributed by atoms with Gasteiger partial charge in [0.1, 0.15) is 15.6 Å². The first-order chi connectivity index (χ1) is 12.5. The van der Waals surface area contributed by atoms with Crippen LogP contribution in [0.1, 0.15) is 25.7 Å². The molecule has 2 aromatic heterocycles. The average Bonchev–Trinajstić information content (AvgIpc) is 3.30. The standard InChI is InChI=1S/C18H16N2O4S2/c1-10-15(26-17(19-10)11-6-7-25-9-11)16(21)20-14-5-4-12(23-2)8-13(14)18(22)24-3/h4-9H,1-3H3,(H,20,21). The maximum Gasteiger partial charge on any atom is 0.340 e. The third kappa shape index (κ3) is 3.61. The number of aromatic nitrogens is 1. The zero-order valence-corrected chi connectivity index (χ0v) is 16.0. The van der Waals surface area contributed by atoms with Crippen LogP contribution in [0.5, 0.6) is 5.75 Å². The van der Waals surface area contributed by atoms with Crippen molar-refractivity contribution < 1.29 is 19.1 Å². The molecule has 0 aliphatic carbocycles. The molecule has 0 aliphatic heterocycles. The minimum absolute atomic E-state index is 0.223. The number of carbonyl (C=O) groups excluding carboxylic acids is 2. The number of hydrogen-bond donors (Lipinski definition) is 1. The number of thiophene rings is 1. The van der Waals surface area contributed by atoms with Crippen LogP contribution in [0.4, 0.5) is 5.69 Å². The van der Waals surface area contributed by atoms with Gasteiger partial charge in [-0.2, -0.15) is 11.3 Å². The Hall–Kier alpha value is -2.71. The number of benzene rings is 1. The van der Waals surface area contributed by atoms with E-state index in [0.29, 0.717) is 22.0 Å². The Labute approximate surface area is 158 Å². The first-order valence-electron chi connectivity index (χ1n) is 7.61. The molecular formula is C18H16N2O4S2. The smallest absolute Gasteiger partial charge is 0.340 e. The maximum atomic E-state index is 12.7. The molecule has 8 heteroatoms. The number of esters is 1. The number of methoxy groups -OCH3 is 2. The van der Waals surface area contributed by atoms with Gasteiger partial charge in [0.05, 0.1) is 31.2 Å². The molecule has 0 aliphatic rings. The minimum atomic E-state index is -0.556. The maximum absolute atomic E-state index is 12.7.